The number of ether oxygens (including phenoxy) is 2. The highest BCUT2D eigenvalue weighted by molar-refractivity contribution is 7.89. The predicted molar refractivity (Wildman–Crippen MR) is 84.1 cm³/mol. The highest BCUT2D eigenvalue weighted by atomic mass is 32.2. The van der Waals surface area contributed by atoms with Gasteiger partial charge in [-0.15, -0.1) is 0 Å². The molecule has 1 saturated heterocycles. The molecule has 1 N–H and O–H groups in total. The van der Waals surface area contributed by atoms with Gasteiger partial charge >= 0.3 is 0 Å². The lowest BCUT2D eigenvalue weighted by Gasteiger charge is -2.28. The van der Waals surface area contributed by atoms with E-state index in [0.717, 1.165) is 12.8 Å². The van der Waals surface area contributed by atoms with Crippen molar-refractivity contribution >= 4 is 21.6 Å². The largest absolute Gasteiger partial charge is 0.482 e. The summed E-state index contributed by atoms with van der Waals surface area (Å²) in [4.78, 5) is 13.5. The second kappa shape index (κ2) is 6.46. The molecule has 0 radical (unpaired) electrons. The monoisotopic (exact) mass is 340 g/mol. The lowest BCUT2D eigenvalue weighted by molar-refractivity contribution is -0.121. The lowest BCUT2D eigenvalue weighted by atomic mass is 10.2. The van der Waals surface area contributed by atoms with E-state index < -0.39 is 10.0 Å². The van der Waals surface area contributed by atoms with Crippen LogP contribution in [0.5, 0.6) is 5.75 Å². The van der Waals surface area contributed by atoms with Crippen LogP contribution in [0.4, 0.5) is 5.69 Å². The Morgan fingerprint density at radius 1 is 1.39 bits per heavy atom. The standard InChI is InChI=1S/C15H20N2O5S/c1-2-17-13-8-12(5-6-14(13)22-10-15(17)18)23(19,20)16-9-11-4-3-7-21-11/h5-6,8,11,16H,2-4,7,9-10H2,1H3. The van der Waals surface area contributed by atoms with Crippen LogP contribution in [0.3, 0.4) is 0 Å². The van der Waals surface area contributed by atoms with E-state index in [1.54, 1.807) is 6.07 Å². The first kappa shape index (κ1) is 16.2. The molecule has 0 saturated carbocycles. The van der Waals surface area contributed by atoms with Crippen molar-refractivity contribution in [2.45, 2.75) is 30.8 Å². The number of fused-ring (bicyclic) bond motifs is 1. The molecule has 2 aliphatic heterocycles. The van der Waals surface area contributed by atoms with E-state index in [0.29, 0.717) is 24.6 Å². The molecule has 1 fully saturated rings. The Balaban J connectivity index is 1.82. The van der Waals surface area contributed by atoms with E-state index in [-0.39, 0.29) is 30.1 Å². The quantitative estimate of drug-likeness (QED) is 0.860. The van der Waals surface area contributed by atoms with E-state index in [1.165, 1.54) is 17.0 Å². The molecule has 2 aliphatic rings. The molecule has 8 heteroatoms. The fourth-order valence-corrected chi connectivity index (χ4v) is 3.87. The summed E-state index contributed by atoms with van der Waals surface area (Å²) in [5.41, 5.74) is 0.490. The number of rotatable bonds is 5. The minimum absolute atomic E-state index is 0.0236. The van der Waals surface area contributed by atoms with Crippen LogP contribution in [-0.2, 0) is 19.6 Å². The molecule has 1 unspecified atom stereocenters. The summed E-state index contributed by atoms with van der Waals surface area (Å²) < 4.78 is 38.2. The Hall–Kier alpha value is -1.64. The van der Waals surface area contributed by atoms with Gasteiger partial charge in [-0.3, -0.25) is 4.79 Å². The number of hydrogen-bond acceptors (Lipinski definition) is 5. The molecule has 1 aromatic carbocycles. The Kier molecular flexibility index (Phi) is 4.56. The van der Waals surface area contributed by atoms with Gasteiger partial charge in [-0.1, -0.05) is 0 Å². The third kappa shape index (κ3) is 3.34. The highest BCUT2D eigenvalue weighted by Gasteiger charge is 2.27. The number of sulfonamides is 1. The molecule has 1 atom stereocenters. The zero-order valence-electron chi connectivity index (χ0n) is 12.9. The van der Waals surface area contributed by atoms with Crippen LogP contribution in [0.25, 0.3) is 0 Å². The van der Waals surface area contributed by atoms with Crippen molar-refractivity contribution in [2.24, 2.45) is 0 Å². The summed E-state index contributed by atoms with van der Waals surface area (Å²) in [5.74, 6) is 0.339. The van der Waals surface area contributed by atoms with Gasteiger partial charge in [0.05, 0.1) is 16.7 Å². The number of amides is 1. The van der Waals surface area contributed by atoms with E-state index in [2.05, 4.69) is 4.72 Å². The first-order valence-corrected chi connectivity index (χ1v) is 9.18. The summed E-state index contributed by atoms with van der Waals surface area (Å²) in [6.07, 6.45) is 1.74. The topological polar surface area (TPSA) is 84.9 Å². The van der Waals surface area contributed by atoms with Gasteiger partial charge in [0.25, 0.3) is 5.91 Å². The summed E-state index contributed by atoms with van der Waals surface area (Å²) in [5, 5.41) is 0. The van der Waals surface area contributed by atoms with E-state index >= 15 is 0 Å². The average Bonchev–Trinajstić information content (AvgIpc) is 3.06. The number of carbonyl (C=O) groups is 1. The molecule has 23 heavy (non-hydrogen) atoms. The number of likely N-dealkylation sites (N-methyl/N-ethyl adjacent to an activating group) is 1. The van der Waals surface area contributed by atoms with Crippen LogP contribution in [-0.4, -0.2) is 46.7 Å². The zero-order chi connectivity index (χ0) is 16.4. The van der Waals surface area contributed by atoms with Crippen molar-refractivity contribution in [2.75, 3.05) is 31.2 Å². The molecule has 0 spiro atoms. The Labute approximate surface area is 135 Å². The van der Waals surface area contributed by atoms with Gasteiger partial charge in [0, 0.05) is 19.7 Å². The van der Waals surface area contributed by atoms with Gasteiger partial charge < -0.3 is 14.4 Å². The van der Waals surface area contributed by atoms with Crippen LogP contribution in [0.1, 0.15) is 19.8 Å². The van der Waals surface area contributed by atoms with Gasteiger partial charge in [0.15, 0.2) is 6.61 Å². The second-order valence-electron chi connectivity index (χ2n) is 5.54. The fraction of sp³-hybridized carbons (Fsp3) is 0.533. The summed E-state index contributed by atoms with van der Waals surface area (Å²) in [7, 11) is -3.65. The zero-order valence-corrected chi connectivity index (χ0v) is 13.8. The Morgan fingerprint density at radius 3 is 2.91 bits per heavy atom. The molecule has 3 rings (SSSR count). The van der Waals surface area contributed by atoms with Crippen molar-refractivity contribution in [3.05, 3.63) is 18.2 Å². The van der Waals surface area contributed by atoms with E-state index in [9.17, 15) is 13.2 Å². The maximum atomic E-state index is 12.4. The van der Waals surface area contributed by atoms with Crippen molar-refractivity contribution in [3.63, 3.8) is 0 Å². The van der Waals surface area contributed by atoms with Crippen molar-refractivity contribution in [3.8, 4) is 5.75 Å². The number of nitrogens with zero attached hydrogens (tertiary/aromatic N) is 1. The molecular weight excluding hydrogens is 320 g/mol. The normalized spacial score (nSPS) is 21.2. The SMILES string of the molecule is CCN1C(=O)COc2ccc(S(=O)(=O)NCC3CCCO3)cc21. The van der Waals surface area contributed by atoms with Crippen molar-refractivity contribution < 1.29 is 22.7 Å². The van der Waals surface area contributed by atoms with Crippen LogP contribution < -0.4 is 14.4 Å². The second-order valence-corrected chi connectivity index (χ2v) is 7.31. The number of anilines is 1. The smallest absolute Gasteiger partial charge is 0.265 e. The first-order chi connectivity index (χ1) is 11.0. The molecule has 0 aromatic heterocycles. The molecule has 1 aromatic rings. The first-order valence-electron chi connectivity index (χ1n) is 7.70. The van der Waals surface area contributed by atoms with Crippen LogP contribution in [0.15, 0.2) is 23.1 Å². The molecule has 126 valence electrons. The van der Waals surface area contributed by atoms with Gasteiger partial charge in [0.1, 0.15) is 5.75 Å². The summed E-state index contributed by atoms with van der Waals surface area (Å²) >= 11 is 0. The molecular formula is C15H20N2O5S. The predicted octanol–water partition coefficient (Wildman–Crippen LogP) is 0.889. The molecule has 1 amide bonds. The third-order valence-corrected chi connectivity index (χ3v) is 5.45. The number of nitrogens with one attached hydrogen (secondary N) is 1. The van der Waals surface area contributed by atoms with Gasteiger partial charge in [0.2, 0.25) is 10.0 Å². The van der Waals surface area contributed by atoms with E-state index in [4.69, 9.17) is 9.47 Å². The molecule has 0 bridgehead atoms. The molecule has 7 nitrogen and oxygen atoms in total. The number of carbonyl (C=O) groups excluding carboxylic acids is 1. The van der Waals surface area contributed by atoms with Gasteiger partial charge in [-0.05, 0) is 38.0 Å². The fourth-order valence-electron chi connectivity index (χ4n) is 2.79. The van der Waals surface area contributed by atoms with E-state index in [1.807, 2.05) is 6.92 Å². The summed E-state index contributed by atoms with van der Waals surface area (Å²) in [6.45, 7) is 3.21. The minimum atomic E-state index is -3.65. The number of benzene rings is 1. The van der Waals surface area contributed by atoms with Crippen molar-refractivity contribution in [1.29, 1.82) is 0 Å². The highest BCUT2D eigenvalue weighted by Crippen LogP contribution is 2.34. The van der Waals surface area contributed by atoms with Crippen molar-refractivity contribution in [1.82, 2.24) is 4.72 Å². The summed E-state index contributed by atoms with van der Waals surface area (Å²) in [6, 6.07) is 4.55. The molecule has 0 aliphatic carbocycles. The molecule has 2 heterocycles. The Bertz CT molecular complexity index is 698. The lowest BCUT2D eigenvalue weighted by Crippen LogP contribution is -2.39. The maximum absolute atomic E-state index is 12.4. The average molecular weight is 340 g/mol. The van der Waals surface area contributed by atoms with Crippen LogP contribution >= 0.6 is 0 Å². The van der Waals surface area contributed by atoms with Crippen LogP contribution in [0, 0.1) is 0 Å². The maximum Gasteiger partial charge on any atom is 0.265 e. The Morgan fingerprint density at radius 2 is 2.22 bits per heavy atom. The van der Waals surface area contributed by atoms with Crippen LogP contribution in [0.2, 0.25) is 0 Å². The third-order valence-electron chi connectivity index (χ3n) is 4.02. The van der Waals surface area contributed by atoms with Gasteiger partial charge in [-0.2, -0.15) is 0 Å². The van der Waals surface area contributed by atoms with Gasteiger partial charge in [-0.25, -0.2) is 13.1 Å². The minimum Gasteiger partial charge on any atom is -0.482 e. The number of hydrogen-bond donors (Lipinski definition) is 1.